The maximum absolute atomic E-state index is 13.0. The van der Waals surface area contributed by atoms with Crippen LogP contribution in [0.2, 0.25) is 0 Å². The zero-order chi connectivity index (χ0) is 17.9. The van der Waals surface area contributed by atoms with E-state index >= 15 is 0 Å². The van der Waals surface area contributed by atoms with Crippen LogP contribution in [0.1, 0.15) is 35.2 Å². The fourth-order valence-corrected chi connectivity index (χ4v) is 4.35. The van der Waals surface area contributed by atoms with E-state index in [1.165, 1.54) is 12.1 Å². The summed E-state index contributed by atoms with van der Waals surface area (Å²) in [6, 6.07) is 11.5. The highest BCUT2D eigenvalue weighted by atomic mass is 32.2. The van der Waals surface area contributed by atoms with Gasteiger partial charge in [0, 0.05) is 18.7 Å². The summed E-state index contributed by atoms with van der Waals surface area (Å²) in [5.41, 5.74) is 1.06. The fourth-order valence-electron chi connectivity index (χ4n) is 3.02. The predicted molar refractivity (Wildman–Crippen MR) is 93.5 cm³/mol. The molecule has 3 rings (SSSR count). The van der Waals surface area contributed by atoms with Crippen LogP contribution < -0.4 is 0 Å². The first-order valence-electron chi connectivity index (χ1n) is 8.32. The molecule has 1 saturated heterocycles. The summed E-state index contributed by atoms with van der Waals surface area (Å²) in [5.74, 6) is -0.756. The van der Waals surface area contributed by atoms with Crippen molar-refractivity contribution in [3.63, 3.8) is 0 Å². The number of hydrogen-bond donors (Lipinski definition) is 0. The van der Waals surface area contributed by atoms with E-state index in [9.17, 15) is 17.6 Å². The molecule has 0 aromatic heterocycles. The Bertz CT molecular complexity index is 856. The van der Waals surface area contributed by atoms with Crippen LogP contribution in [0.25, 0.3) is 0 Å². The molecule has 132 valence electrons. The van der Waals surface area contributed by atoms with Gasteiger partial charge in [-0.1, -0.05) is 12.1 Å². The Hall–Kier alpha value is -2.21. The number of piperidine rings is 1. The standard InChI is InChI=1S/C19H20FNO3S/c20-17-7-9-18(10-8-17)25(23,24)14-15-5-4-6-16(13-15)19(22)21-11-2-1-3-12-21/h4-10,13H,1-3,11-12,14H2. The van der Waals surface area contributed by atoms with E-state index in [0.717, 1.165) is 44.5 Å². The van der Waals surface area contributed by atoms with E-state index in [1.54, 1.807) is 24.3 Å². The molecule has 0 spiro atoms. The minimum Gasteiger partial charge on any atom is -0.339 e. The molecule has 1 aliphatic heterocycles. The van der Waals surface area contributed by atoms with Crippen molar-refractivity contribution in [2.75, 3.05) is 13.1 Å². The number of benzene rings is 2. The second kappa shape index (κ2) is 7.35. The molecule has 25 heavy (non-hydrogen) atoms. The molecule has 2 aromatic carbocycles. The lowest BCUT2D eigenvalue weighted by Gasteiger charge is -2.26. The fraction of sp³-hybridized carbons (Fsp3) is 0.316. The van der Waals surface area contributed by atoms with Crippen LogP contribution in [0.3, 0.4) is 0 Å². The van der Waals surface area contributed by atoms with Crippen LogP contribution in [0.5, 0.6) is 0 Å². The number of hydrogen-bond acceptors (Lipinski definition) is 3. The summed E-state index contributed by atoms with van der Waals surface area (Å²) in [4.78, 5) is 14.4. The topological polar surface area (TPSA) is 54.5 Å². The molecule has 1 aliphatic rings. The van der Waals surface area contributed by atoms with Gasteiger partial charge in [0.2, 0.25) is 0 Å². The summed E-state index contributed by atoms with van der Waals surface area (Å²) in [5, 5.41) is 0. The molecule has 4 nitrogen and oxygen atoms in total. The van der Waals surface area contributed by atoms with Gasteiger partial charge in [0.15, 0.2) is 9.84 Å². The minimum atomic E-state index is -3.59. The second-order valence-corrected chi connectivity index (χ2v) is 8.26. The first-order valence-corrected chi connectivity index (χ1v) is 9.97. The number of carbonyl (C=O) groups is 1. The smallest absolute Gasteiger partial charge is 0.253 e. The summed E-state index contributed by atoms with van der Waals surface area (Å²) >= 11 is 0. The van der Waals surface area contributed by atoms with Crippen molar-refractivity contribution < 1.29 is 17.6 Å². The maximum atomic E-state index is 13.0. The average Bonchev–Trinajstić information content (AvgIpc) is 2.62. The first-order chi connectivity index (χ1) is 12.0. The van der Waals surface area contributed by atoms with Gasteiger partial charge in [-0.15, -0.1) is 0 Å². The van der Waals surface area contributed by atoms with Crippen molar-refractivity contribution >= 4 is 15.7 Å². The van der Waals surface area contributed by atoms with Crippen LogP contribution in [-0.4, -0.2) is 32.3 Å². The third kappa shape index (κ3) is 4.25. The highest BCUT2D eigenvalue weighted by Crippen LogP contribution is 2.19. The lowest BCUT2D eigenvalue weighted by atomic mass is 10.1. The van der Waals surface area contributed by atoms with Gasteiger partial charge in [0.25, 0.3) is 5.91 Å². The van der Waals surface area contributed by atoms with Crippen LogP contribution >= 0.6 is 0 Å². The van der Waals surface area contributed by atoms with E-state index in [1.807, 2.05) is 4.90 Å². The van der Waals surface area contributed by atoms with E-state index in [2.05, 4.69) is 0 Å². The molecule has 2 aromatic rings. The molecule has 0 N–H and O–H groups in total. The normalized spacial score (nSPS) is 15.2. The Kier molecular flexibility index (Phi) is 5.18. The molecule has 1 fully saturated rings. The molecule has 0 aliphatic carbocycles. The van der Waals surface area contributed by atoms with E-state index in [-0.39, 0.29) is 16.6 Å². The van der Waals surface area contributed by atoms with Gasteiger partial charge in [-0.25, -0.2) is 12.8 Å². The Morgan fingerprint density at radius 3 is 2.36 bits per heavy atom. The van der Waals surface area contributed by atoms with Crippen molar-refractivity contribution in [1.29, 1.82) is 0 Å². The molecule has 1 heterocycles. The largest absolute Gasteiger partial charge is 0.339 e. The van der Waals surface area contributed by atoms with Crippen molar-refractivity contribution in [2.45, 2.75) is 29.9 Å². The quantitative estimate of drug-likeness (QED) is 0.784. The summed E-state index contributed by atoms with van der Waals surface area (Å²) < 4.78 is 37.9. The zero-order valence-electron chi connectivity index (χ0n) is 13.8. The van der Waals surface area contributed by atoms with Gasteiger partial charge < -0.3 is 4.90 Å². The third-order valence-electron chi connectivity index (χ3n) is 4.35. The summed E-state index contributed by atoms with van der Waals surface area (Å²) in [6.07, 6.45) is 3.15. The molecule has 0 bridgehead atoms. The SMILES string of the molecule is O=C(c1cccc(CS(=O)(=O)c2ccc(F)cc2)c1)N1CCCCC1. The molecule has 6 heteroatoms. The molecule has 1 amide bonds. The van der Waals surface area contributed by atoms with Crippen LogP contribution in [-0.2, 0) is 15.6 Å². The van der Waals surface area contributed by atoms with Gasteiger partial charge in [-0.05, 0) is 61.2 Å². The highest BCUT2D eigenvalue weighted by molar-refractivity contribution is 7.90. The number of likely N-dealkylation sites (tertiary alicyclic amines) is 1. The molecule has 0 unspecified atom stereocenters. The number of carbonyl (C=O) groups excluding carboxylic acids is 1. The van der Waals surface area contributed by atoms with Gasteiger partial charge in [0.1, 0.15) is 5.82 Å². The second-order valence-electron chi connectivity index (χ2n) is 6.27. The molecular formula is C19H20FNO3S. The molecule has 0 saturated carbocycles. The Morgan fingerprint density at radius 2 is 1.68 bits per heavy atom. The molecule has 0 radical (unpaired) electrons. The lowest BCUT2D eigenvalue weighted by molar-refractivity contribution is 0.0724. The minimum absolute atomic E-state index is 0.0549. The van der Waals surface area contributed by atoms with Crippen molar-refractivity contribution in [2.24, 2.45) is 0 Å². The first kappa shape index (κ1) is 17.6. The Morgan fingerprint density at radius 1 is 1.00 bits per heavy atom. The van der Waals surface area contributed by atoms with Crippen molar-refractivity contribution in [1.82, 2.24) is 4.90 Å². The predicted octanol–water partition coefficient (Wildman–Crippen LogP) is 3.43. The highest BCUT2D eigenvalue weighted by Gasteiger charge is 2.20. The molecule has 0 atom stereocenters. The van der Waals surface area contributed by atoms with E-state index < -0.39 is 15.7 Å². The number of sulfone groups is 1. The monoisotopic (exact) mass is 361 g/mol. The van der Waals surface area contributed by atoms with Crippen molar-refractivity contribution in [3.05, 3.63) is 65.5 Å². The summed E-state index contributed by atoms with van der Waals surface area (Å²) in [7, 11) is -3.59. The number of halogens is 1. The van der Waals surface area contributed by atoms with Crippen LogP contribution in [0.15, 0.2) is 53.4 Å². The van der Waals surface area contributed by atoms with Crippen LogP contribution in [0.4, 0.5) is 4.39 Å². The number of nitrogens with zero attached hydrogens (tertiary/aromatic N) is 1. The summed E-state index contributed by atoms with van der Waals surface area (Å²) in [6.45, 7) is 1.49. The Labute approximate surface area is 147 Å². The average molecular weight is 361 g/mol. The number of rotatable bonds is 4. The van der Waals surface area contributed by atoms with Gasteiger partial charge in [-0.2, -0.15) is 0 Å². The zero-order valence-corrected chi connectivity index (χ0v) is 14.6. The number of amides is 1. The van der Waals surface area contributed by atoms with Gasteiger partial charge in [0.05, 0.1) is 10.6 Å². The lowest BCUT2D eigenvalue weighted by Crippen LogP contribution is -2.35. The van der Waals surface area contributed by atoms with Gasteiger partial charge in [-0.3, -0.25) is 4.79 Å². The van der Waals surface area contributed by atoms with Crippen molar-refractivity contribution in [3.8, 4) is 0 Å². The van der Waals surface area contributed by atoms with E-state index in [0.29, 0.717) is 11.1 Å². The van der Waals surface area contributed by atoms with Crippen LogP contribution in [0, 0.1) is 5.82 Å². The maximum Gasteiger partial charge on any atom is 0.253 e. The molecular weight excluding hydrogens is 341 g/mol. The third-order valence-corrected chi connectivity index (χ3v) is 6.05. The Balaban J connectivity index is 1.79. The van der Waals surface area contributed by atoms with Gasteiger partial charge >= 0.3 is 0 Å². The van der Waals surface area contributed by atoms with E-state index in [4.69, 9.17) is 0 Å².